The van der Waals surface area contributed by atoms with Crippen LogP contribution in [0.15, 0.2) is 29.2 Å². The highest BCUT2D eigenvalue weighted by atomic mass is 35.7. The Kier molecular flexibility index (Phi) is 3.52. The second-order valence-electron chi connectivity index (χ2n) is 4.00. The second kappa shape index (κ2) is 4.73. The van der Waals surface area contributed by atoms with Crippen LogP contribution >= 0.6 is 10.7 Å². The standard InChI is InChI=1S/C11H14ClNO2S/c12-16(14,15)11-4-2-1-3-10(11)9-5-7-13-8-6-9/h1-4,9,13H,5-8H2. The minimum Gasteiger partial charge on any atom is -0.317 e. The molecule has 1 N–H and O–H groups in total. The lowest BCUT2D eigenvalue weighted by atomic mass is 9.90. The molecule has 0 aliphatic carbocycles. The van der Waals surface area contributed by atoms with Gasteiger partial charge in [0.25, 0.3) is 9.05 Å². The monoisotopic (exact) mass is 259 g/mol. The summed E-state index contributed by atoms with van der Waals surface area (Å²) in [5.74, 6) is 0.297. The van der Waals surface area contributed by atoms with E-state index in [-0.39, 0.29) is 4.90 Å². The first kappa shape index (κ1) is 11.9. The zero-order chi connectivity index (χ0) is 11.6. The summed E-state index contributed by atoms with van der Waals surface area (Å²) in [5.41, 5.74) is 0.860. The van der Waals surface area contributed by atoms with Gasteiger partial charge in [-0.2, -0.15) is 0 Å². The fraction of sp³-hybridized carbons (Fsp3) is 0.455. The first-order valence-electron chi connectivity index (χ1n) is 5.33. The third kappa shape index (κ3) is 2.56. The van der Waals surface area contributed by atoms with Gasteiger partial charge in [-0.15, -0.1) is 0 Å². The molecule has 0 spiro atoms. The highest BCUT2D eigenvalue weighted by Gasteiger charge is 2.22. The van der Waals surface area contributed by atoms with Gasteiger partial charge in [-0.05, 0) is 43.5 Å². The summed E-state index contributed by atoms with van der Waals surface area (Å²) in [6, 6.07) is 7.02. The Hall–Kier alpha value is -0.580. The van der Waals surface area contributed by atoms with Crippen LogP contribution in [0, 0.1) is 0 Å². The van der Waals surface area contributed by atoms with Gasteiger partial charge in [-0.25, -0.2) is 8.42 Å². The Bertz CT molecular complexity index is 467. The number of nitrogens with one attached hydrogen (secondary N) is 1. The van der Waals surface area contributed by atoms with Crippen molar-refractivity contribution in [1.29, 1.82) is 0 Å². The first-order chi connectivity index (χ1) is 7.59. The molecule has 5 heteroatoms. The van der Waals surface area contributed by atoms with E-state index >= 15 is 0 Å². The van der Waals surface area contributed by atoms with Crippen molar-refractivity contribution in [1.82, 2.24) is 5.32 Å². The Morgan fingerprint density at radius 3 is 2.44 bits per heavy atom. The summed E-state index contributed by atoms with van der Waals surface area (Å²) in [6.45, 7) is 1.86. The molecular weight excluding hydrogens is 246 g/mol. The van der Waals surface area contributed by atoms with Crippen molar-refractivity contribution in [3.05, 3.63) is 29.8 Å². The highest BCUT2D eigenvalue weighted by molar-refractivity contribution is 8.13. The second-order valence-corrected chi connectivity index (χ2v) is 6.53. The van der Waals surface area contributed by atoms with Crippen LogP contribution in [-0.2, 0) is 9.05 Å². The van der Waals surface area contributed by atoms with Crippen LogP contribution in [0.5, 0.6) is 0 Å². The van der Waals surface area contributed by atoms with Crippen molar-refractivity contribution in [3.63, 3.8) is 0 Å². The molecule has 88 valence electrons. The molecule has 16 heavy (non-hydrogen) atoms. The van der Waals surface area contributed by atoms with E-state index in [9.17, 15) is 8.42 Å². The van der Waals surface area contributed by atoms with E-state index in [0.29, 0.717) is 5.92 Å². The third-order valence-corrected chi connectivity index (χ3v) is 4.36. The molecule has 0 saturated carbocycles. The zero-order valence-corrected chi connectivity index (χ0v) is 10.4. The van der Waals surface area contributed by atoms with Crippen molar-refractivity contribution < 1.29 is 8.42 Å². The summed E-state index contributed by atoms with van der Waals surface area (Å²) in [5, 5.41) is 3.26. The van der Waals surface area contributed by atoms with Crippen molar-refractivity contribution in [3.8, 4) is 0 Å². The van der Waals surface area contributed by atoms with Crippen LogP contribution in [0.25, 0.3) is 0 Å². The van der Waals surface area contributed by atoms with E-state index in [1.807, 2.05) is 12.1 Å². The molecule has 1 aromatic carbocycles. The average molecular weight is 260 g/mol. The van der Waals surface area contributed by atoms with Gasteiger partial charge >= 0.3 is 0 Å². The van der Waals surface area contributed by atoms with Gasteiger partial charge in [-0.3, -0.25) is 0 Å². The van der Waals surface area contributed by atoms with Gasteiger partial charge in [0.05, 0.1) is 4.90 Å². The summed E-state index contributed by atoms with van der Waals surface area (Å²) in [4.78, 5) is 0.267. The van der Waals surface area contributed by atoms with Crippen LogP contribution in [0.4, 0.5) is 0 Å². The molecule has 1 aliphatic rings. The zero-order valence-electron chi connectivity index (χ0n) is 8.82. The number of hydrogen-bond acceptors (Lipinski definition) is 3. The summed E-state index contributed by atoms with van der Waals surface area (Å²) < 4.78 is 22.9. The van der Waals surface area contributed by atoms with E-state index in [4.69, 9.17) is 10.7 Å². The molecule has 1 fully saturated rings. The predicted octanol–water partition coefficient (Wildman–Crippen LogP) is 2.08. The lowest BCUT2D eigenvalue weighted by molar-refractivity contribution is 0.455. The van der Waals surface area contributed by atoms with E-state index in [0.717, 1.165) is 31.5 Å². The number of rotatable bonds is 2. The summed E-state index contributed by atoms with van der Waals surface area (Å²) >= 11 is 0. The fourth-order valence-corrected chi connectivity index (χ4v) is 3.35. The lowest BCUT2D eigenvalue weighted by Crippen LogP contribution is -2.27. The van der Waals surface area contributed by atoms with Gasteiger partial charge in [0.2, 0.25) is 0 Å². The molecule has 0 amide bonds. The van der Waals surface area contributed by atoms with Crippen molar-refractivity contribution in [2.24, 2.45) is 0 Å². The Morgan fingerprint density at radius 2 is 1.81 bits per heavy atom. The smallest absolute Gasteiger partial charge is 0.261 e. The van der Waals surface area contributed by atoms with Crippen LogP contribution in [-0.4, -0.2) is 21.5 Å². The van der Waals surface area contributed by atoms with E-state index < -0.39 is 9.05 Å². The van der Waals surface area contributed by atoms with Crippen molar-refractivity contribution in [2.75, 3.05) is 13.1 Å². The number of halogens is 1. The minimum atomic E-state index is -3.63. The number of benzene rings is 1. The fourth-order valence-electron chi connectivity index (χ4n) is 2.17. The van der Waals surface area contributed by atoms with Crippen LogP contribution in [0.1, 0.15) is 24.3 Å². The van der Waals surface area contributed by atoms with Gasteiger partial charge in [0.1, 0.15) is 0 Å². The SMILES string of the molecule is O=S(=O)(Cl)c1ccccc1C1CCNCC1. The predicted molar refractivity (Wildman–Crippen MR) is 64.3 cm³/mol. The number of piperidine rings is 1. The van der Waals surface area contributed by atoms with Crippen molar-refractivity contribution >= 4 is 19.7 Å². The molecule has 1 aliphatic heterocycles. The van der Waals surface area contributed by atoms with Crippen LogP contribution < -0.4 is 5.32 Å². The molecule has 0 radical (unpaired) electrons. The molecule has 1 heterocycles. The van der Waals surface area contributed by atoms with E-state index in [1.54, 1.807) is 12.1 Å². The maximum Gasteiger partial charge on any atom is 0.261 e. The largest absolute Gasteiger partial charge is 0.317 e. The first-order valence-corrected chi connectivity index (χ1v) is 7.64. The van der Waals surface area contributed by atoms with Crippen LogP contribution in [0.2, 0.25) is 0 Å². The Balaban J connectivity index is 2.40. The van der Waals surface area contributed by atoms with Gasteiger partial charge in [-0.1, -0.05) is 18.2 Å². The van der Waals surface area contributed by atoms with Gasteiger partial charge in [0, 0.05) is 10.7 Å². The van der Waals surface area contributed by atoms with E-state index in [2.05, 4.69) is 5.32 Å². The molecule has 0 atom stereocenters. The van der Waals surface area contributed by atoms with Crippen molar-refractivity contribution in [2.45, 2.75) is 23.7 Å². The third-order valence-electron chi connectivity index (χ3n) is 2.96. The maximum atomic E-state index is 11.4. The molecule has 0 bridgehead atoms. The minimum absolute atomic E-state index is 0.267. The molecular formula is C11H14ClNO2S. The normalized spacial score (nSPS) is 18.6. The molecule has 0 unspecified atom stereocenters. The molecule has 2 rings (SSSR count). The quantitative estimate of drug-likeness (QED) is 0.828. The summed E-state index contributed by atoms with van der Waals surface area (Å²) in [6.07, 6.45) is 1.92. The highest BCUT2D eigenvalue weighted by Crippen LogP contribution is 2.31. The molecule has 3 nitrogen and oxygen atoms in total. The summed E-state index contributed by atoms with van der Waals surface area (Å²) in [7, 11) is 1.81. The lowest BCUT2D eigenvalue weighted by Gasteiger charge is -2.24. The Labute approximate surface area is 100 Å². The van der Waals surface area contributed by atoms with Gasteiger partial charge < -0.3 is 5.32 Å². The Morgan fingerprint density at radius 1 is 1.19 bits per heavy atom. The molecule has 0 aromatic heterocycles. The molecule has 1 saturated heterocycles. The maximum absolute atomic E-state index is 11.4. The van der Waals surface area contributed by atoms with Gasteiger partial charge in [0.15, 0.2) is 0 Å². The van der Waals surface area contributed by atoms with E-state index in [1.165, 1.54) is 0 Å². The van der Waals surface area contributed by atoms with Crippen LogP contribution in [0.3, 0.4) is 0 Å². The number of hydrogen-bond donors (Lipinski definition) is 1. The molecule has 1 aromatic rings. The topological polar surface area (TPSA) is 46.2 Å². The average Bonchev–Trinajstić information content (AvgIpc) is 2.29.